The van der Waals surface area contributed by atoms with Crippen molar-refractivity contribution < 1.29 is 0 Å². The van der Waals surface area contributed by atoms with Crippen molar-refractivity contribution in [2.75, 3.05) is 0 Å². The maximum atomic E-state index is 3.41. The summed E-state index contributed by atoms with van der Waals surface area (Å²) in [6.07, 6.45) is 2.17. The summed E-state index contributed by atoms with van der Waals surface area (Å²) < 4.78 is 6.82. The first-order valence-electron chi connectivity index (χ1n) is 7.77. The van der Waals surface area contributed by atoms with Crippen LogP contribution in [0, 0.1) is 0 Å². The van der Waals surface area contributed by atoms with Crippen LogP contribution in [0.4, 0.5) is 0 Å². The highest BCUT2D eigenvalue weighted by atomic mass is 33.1. The van der Waals surface area contributed by atoms with E-state index in [9.17, 15) is 0 Å². The Morgan fingerprint density at radius 2 is 1.00 bits per heavy atom. The predicted molar refractivity (Wildman–Crippen MR) is 101 cm³/mol. The van der Waals surface area contributed by atoms with E-state index in [0.29, 0.717) is 0 Å². The molecule has 0 atom stereocenters. The van der Waals surface area contributed by atoms with Gasteiger partial charge in [-0.25, -0.2) is 9.44 Å². The zero-order chi connectivity index (χ0) is 15.6. The number of nitrogens with one attached hydrogen (secondary N) is 2. The third-order valence-corrected chi connectivity index (χ3v) is 5.25. The molecule has 0 amide bonds. The van der Waals surface area contributed by atoms with E-state index < -0.39 is 0 Å². The van der Waals surface area contributed by atoms with E-state index in [1.807, 2.05) is 0 Å². The molecule has 4 heteroatoms. The summed E-state index contributed by atoms with van der Waals surface area (Å²) in [6.45, 7) is 6.20. The standard InChI is InChI=1S/C18H24N2S2/c1-3-15-9-5-7-11-17(15)13-19-21-22-20-14-18-12-8-6-10-16(18)4-2/h5-12,19-20H,3-4,13-14H2,1-2H3. The van der Waals surface area contributed by atoms with Crippen LogP contribution >= 0.6 is 22.0 Å². The van der Waals surface area contributed by atoms with Crippen molar-refractivity contribution in [3.63, 3.8) is 0 Å². The van der Waals surface area contributed by atoms with E-state index in [-0.39, 0.29) is 0 Å². The first-order valence-corrected chi connectivity index (χ1v) is 9.91. The number of hydrogen-bond acceptors (Lipinski definition) is 4. The SMILES string of the molecule is CCc1ccccc1CNSSNCc1ccccc1CC. The van der Waals surface area contributed by atoms with Gasteiger partial charge in [0, 0.05) is 35.0 Å². The van der Waals surface area contributed by atoms with Crippen molar-refractivity contribution in [3.05, 3.63) is 70.8 Å². The number of hydrogen-bond donors (Lipinski definition) is 2. The Kier molecular flexibility index (Phi) is 7.88. The minimum atomic E-state index is 0.898. The molecule has 0 saturated carbocycles. The summed E-state index contributed by atoms with van der Waals surface area (Å²) in [5, 5.41) is 0. The molecular weight excluding hydrogens is 308 g/mol. The van der Waals surface area contributed by atoms with Gasteiger partial charge in [-0.2, -0.15) is 0 Å². The first-order chi connectivity index (χ1) is 10.8. The van der Waals surface area contributed by atoms with Gasteiger partial charge < -0.3 is 0 Å². The summed E-state index contributed by atoms with van der Waals surface area (Å²) in [5.74, 6) is 0. The van der Waals surface area contributed by atoms with E-state index in [1.165, 1.54) is 22.3 Å². The van der Waals surface area contributed by atoms with Gasteiger partial charge in [0.25, 0.3) is 0 Å². The average molecular weight is 333 g/mol. The van der Waals surface area contributed by atoms with Crippen molar-refractivity contribution in [1.29, 1.82) is 0 Å². The van der Waals surface area contributed by atoms with Gasteiger partial charge in [0.15, 0.2) is 0 Å². The molecule has 2 aromatic rings. The Morgan fingerprint density at radius 3 is 1.36 bits per heavy atom. The lowest BCUT2D eigenvalue weighted by Crippen LogP contribution is -2.08. The molecule has 2 aromatic carbocycles. The smallest absolute Gasteiger partial charge is 0.0320 e. The summed E-state index contributed by atoms with van der Waals surface area (Å²) in [7, 11) is 3.31. The molecule has 0 aromatic heterocycles. The Balaban J connectivity index is 1.67. The highest BCUT2D eigenvalue weighted by molar-refractivity contribution is 8.75. The van der Waals surface area contributed by atoms with E-state index >= 15 is 0 Å². The fourth-order valence-electron chi connectivity index (χ4n) is 2.42. The van der Waals surface area contributed by atoms with Gasteiger partial charge in [0.05, 0.1) is 0 Å². The summed E-state index contributed by atoms with van der Waals surface area (Å²) >= 11 is 0. The second-order valence-corrected chi connectivity index (χ2v) is 6.96. The van der Waals surface area contributed by atoms with Crippen LogP contribution in [0.2, 0.25) is 0 Å². The van der Waals surface area contributed by atoms with Gasteiger partial charge in [-0.1, -0.05) is 62.4 Å². The maximum Gasteiger partial charge on any atom is 0.0320 e. The van der Waals surface area contributed by atoms with Gasteiger partial charge in [-0.3, -0.25) is 0 Å². The summed E-state index contributed by atoms with van der Waals surface area (Å²) in [5.41, 5.74) is 5.61. The first kappa shape index (κ1) is 17.4. The third kappa shape index (κ3) is 5.36. The Bertz CT molecular complexity index is 521. The summed E-state index contributed by atoms with van der Waals surface area (Å²) in [6, 6.07) is 17.2. The molecule has 0 heterocycles. The second-order valence-electron chi connectivity index (χ2n) is 5.05. The zero-order valence-corrected chi connectivity index (χ0v) is 14.9. The Morgan fingerprint density at radius 1 is 0.636 bits per heavy atom. The Labute approximate surface area is 142 Å². The molecule has 2 N–H and O–H groups in total. The molecule has 0 saturated heterocycles. The van der Waals surface area contributed by atoms with Gasteiger partial charge in [-0.05, 0) is 35.1 Å². The fourth-order valence-corrected chi connectivity index (χ4v) is 3.68. The van der Waals surface area contributed by atoms with E-state index in [4.69, 9.17) is 0 Å². The van der Waals surface area contributed by atoms with Crippen molar-refractivity contribution in [2.45, 2.75) is 39.8 Å². The van der Waals surface area contributed by atoms with E-state index in [0.717, 1.165) is 25.9 Å². The van der Waals surface area contributed by atoms with Gasteiger partial charge >= 0.3 is 0 Å². The molecule has 0 aliphatic heterocycles. The average Bonchev–Trinajstić information content (AvgIpc) is 2.58. The molecule has 0 fully saturated rings. The number of benzene rings is 2. The molecule has 2 rings (SSSR count). The molecule has 0 aliphatic rings. The number of rotatable bonds is 9. The van der Waals surface area contributed by atoms with Crippen LogP contribution < -0.4 is 9.44 Å². The fraction of sp³-hybridized carbons (Fsp3) is 0.333. The lowest BCUT2D eigenvalue weighted by Gasteiger charge is -2.10. The third-order valence-electron chi connectivity index (χ3n) is 3.68. The number of aryl methyl sites for hydroxylation is 2. The minimum absolute atomic E-state index is 0.898. The van der Waals surface area contributed by atoms with Crippen LogP contribution in [0.1, 0.15) is 36.1 Å². The molecule has 2 nitrogen and oxygen atoms in total. The predicted octanol–water partition coefficient (Wildman–Crippen LogP) is 4.90. The molecule has 0 unspecified atom stereocenters. The van der Waals surface area contributed by atoms with Crippen LogP contribution in [0.15, 0.2) is 48.5 Å². The monoisotopic (exact) mass is 332 g/mol. The normalized spacial score (nSPS) is 10.8. The molecule has 0 radical (unpaired) electrons. The summed E-state index contributed by atoms with van der Waals surface area (Å²) in [4.78, 5) is 0. The topological polar surface area (TPSA) is 24.1 Å². The zero-order valence-electron chi connectivity index (χ0n) is 13.3. The van der Waals surface area contributed by atoms with Gasteiger partial charge in [0.2, 0.25) is 0 Å². The van der Waals surface area contributed by atoms with Gasteiger partial charge in [0.1, 0.15) is 0 Å². The molecule has 0 bridgehead atoms. The molecule has 0 aliphatic carbocycles. The van der Waals surface area contributed by atoms with E-state index in [2.05, 4.69) is 71.8 Å². The minimum Gasteiger partial charge on any atom is -0.249 e. The van der Waals surface area contributed by atoms with Crippen molar-refractivity contribution >= 4 is 22.0 Å². The van der Waals surface area contributed by atoms with Crippen LogP contribution in [0.25, 0.3) is 0 Å². The van der Waals surface area contributed by atoms with Crippen LogP contribution in [-0.4, -0.2) is 0 Å². The largest absolute Gasteiger partial charge is 0.249 e. The van der Waals surface area contributed by atoms with E-state index in [1.54, 1.807) is 22.0 Å². The van der Waals surface area contributed by atoms with Crippen LogP contribution in [0.3, 0.4) is 0 Å². The van der Waals surface area contributed by atoms with Crippen molar-refractivity contribution in [2.24, 2.45) is 0 Å². The van der Waals surface area contributed by atoms with Crippen molar-refractivity contribution in [3.8, 4) is 0 Å². The highest BCUT2D eigenvalue weighted by Crippen LogP contribution is 2.18. The molecule has 22 heavy (non-hydrogen) atoms. The van der Waals surface area contributed by atoms with Crippen LogP contribution in [0.5, 0.6) is 0 Å². The molecule has 0 spiro atoms. The highest BCUT2D eigenvalue weighted by Gasteiger charge is 2.01. The maximum absolute atomic E-state index is 3.41. The second kappa shape index (κ2) is 9.95. The lowest BCUT2D eigenvalue weighted by atomic mass is 10.1. The Hall–Kier alpha value is -0.940. The molecule has 118 valence electrons. The van der Waals surface area contributed by atoms with Crippen LogP contribution in [-0.2, 0) is 25.9 Å². The lowest BCUT2D eigenvalue weighted by molar-refractivity contribution is 0.939. The van der Waals surface area contributed by atoms with Gasteiger partial charge in [-0.15, -0.1) is 0 Å². The van der Waals surface area contributed by atoms with Crippen molar-refractivity contribution in [1.82, 2.24) is 9.44 Å². The quantitative estimate of drug-likeness (QED) is 0.387. The molecular formula is C18H24N2S2.